The van der Waals surface area contributed by atoms with Crippen LogP contribution in [0.1, 0.15) is 5.82 Å². The van der Waals surface area contributed by atoms with Crippen molar-refractivity contribution in [3.8, 4) is 0 Å². The van der Waals surface area contributed by atoms with Gasteiger partial charge in [-0.25, -0.2) is 15.0 Å². The summed E-state index contributed by atoms with van der Waals surface area (Å²) >= 11 is 0. The van der Waals surface area contributed by atoms with Crippen LogP contribution < -0.4 is 0 Å². The van der Waals surface area contributed by atoms with Gasteiger partial charge < -0.3 is 30.1 Å². The lowest BCUT2D eigenvalue weighted by Crippen LogP contribution is -2.42. The van der Waals surface area contributed by atoms with E-state index in [-0.39, 0.29) is 11.5 Å². The molecule has 0 bridgehead atoms. The Morgan fingerprint density at radius 2 is 2.16 bits per heavy atom. The van der Waals surface area contributed by atoms with Gasteiger partial charge in [-0.3, -0.25) is 0 Å². The van der Waals surface area contributed by atoms with E-state index >= 15 is 0 Å². The quantitative estimate of drug-likeness (QED) is 0.405. The van der Waals surface area contributed by atoms with E-state index in [1.54, 1.807) is 0 Å². The zero-order valence-electron chi connectivity index (χ0n) is 9.63. The molecule has 0 spiro atoms. The van der Waals surface area contributed by atoms with E-state index in [0.29, 0.717) is 5.52 Å². The third-order valence-electron chi connectivity index (χ3n) is 3.11. The number of nitrogens with zero attached hydrogens (tertiary/aromatic N) is 3. The van der Waals surface area contributed by atoms with Gasteiger partial charge in [0.05, 0.1) is 19.1 Å². The van der Waals surface area contributed by atoms with Crippen LogP contribution in [0.4, 0.5) is 0 Å². The van der Waals surface area contributed by atoms with Crippen LogP contribution in [0.15, 0.2) is 12.5 Å². The fourth-order valence-electron chi connectivity index (χ4n) is 2.04. The van der Waals surface area contributed by atoms with Crippen molar-refractivity contribution >= 4 is 11.2 Å². The maximum Gasteiger partial charge on any atom is 0.258 e. The molecule has 3 heterocycles. The summed E-state index contributed by atoms with van der Waals surface area (Å²) in [4.78, 5) is 14.5. The zero-order valence-corrected chi connectivity index (χ0v) is 9.63. The molecule has 0 aromatic carbocycles. The van der Waals surface area contributed by atoms with Crippen molar-refractivity contribution in [2.75, 3.05) is 6.61 Å². The van der Waals surface area contributed by atoms with Crippen LogP contribution in [-0.2, 0) is 10.5 Å². The standard InChI is InChI=1S/C10H12N4O5/c15-2-5-6(16)7(17)10(18,19-5)9-11-1-4-8(14-9)13-3-12-4/h1,3,5-7,15-18H,2H2,(H,11,12,13,14)/t5-,6-,7-,10-/m1/s1. The second-order valence-corrected chi connectivity index (χ2v) is 4.30. The van der Waals surface area contributed by atoms with Crippen molar-refractivity contribution in [3.63, 3.8) is 0 Å². The summed E-state index contributed by atoms with van der Waals surface area (Å²) in [6.45, 7) is -0.550. The molecule has 0 aliphatic carbocycles. The summed E-state index contributed by atoms with van der Waals surface area (Å²) < 4.78 is 5.08. The third-order valence-corrected chi connectivity index (χ3v) is 3.11. The van der Waals surface area contributed by atoms with Gasteiger partial charge in [0.25, 0.3) is 5.79 Å². The molecule has 0 radical (unpaired) electrons. The molecule has 2 aromatic rings. The molecule has 0 unspecified atom stereocenters. The Morgan fingerprint density at radius 3 is 2.84 bits per heavy atom. The Balaban J connectivity index is 2.04. The predicted octanol–water partition coefficient (Wildman–Crippen LogP) is -2.39. The molecule has 5 N–H and O–H groups in total. The van der Waals surface area contributed by atoms with Gasteiger partial charge in [-0.15, -0.1) is 0 Å². The molecule has 2 aromatic heterocycles. The normalized spacial score (nSPS) is 35.1. The molecule has 1 aliphatic rings. The van der Waals surface area contributed by atoms with Gasteiger partial charge in [0.15, 0.2) is 11.5 Å². The highest BCUT2D eigenvalue weighted by Crippen LogP contribution is 2.35. The van der Waals surface area contributed by atoms with E-state index in [1.165, 1.54) is 12.5 Å². The summed E-state index contributed by atoms with van der Waals surface area (Å²) in [5.74, 6) is -2.51. The molecule has 1 saturated heterocycles. The number of fused-ring (bicyclic) bond motifs is 1. The number of aromatic amines is 1. The van der Waals surface area contributed by atoms with Crippen LogP contribution in [0.3, 0.4) is 0 Å². The first kappa shape index (κ1) is 12.4. The van der Waals surface area contributed by atoms with Crippen LogP contribution in [0.25, 0.3) is 11.2 Å². The topological polar surface area (TPSA) is 145 Å². The number of aromatic nitrogens is 4. The summed E-state index contributed by atoms with van der Waals surface area (Å²) in [5.41, 5.74) is 0.843. The largest absolute Gasteiger partial charge is 0.394 e. The molecule has 9 nitrogen and oxygen atoms in total. The lowest BCUT2D eigenvalue weighted by molar-refractivity contribution is -0.244. The summed E-state index contributed by atoms with van der Waals surface area (Å²) in [5, 5.41) is 38.8. The number of rotatable bonds is 2. The van der Waals surface area contributed by atoms with E-state index in [2.05, 4.69) is 19.9 Å². The lowest BCUT2D eigenvalue weighted by Gasteiger charge is -2.23. The average Bonchev–Trinajstić information content (AvgIpc) is 2.97. The highest BCUT2D eigenvalue weighted by atomic mass is 16.7. The number of hydrogen-bond acceptors (Lipinski definition) is 8. The average molecular weight is 268 g/mol. The van der Waals surface area contributed by atoms with E-state index in [4.69, 9.17) is 9.84 Å². The molecule has 19 heavy (non-hydrogen) atoms. The third kappa shape index (κ3) is 1.71. The van der Waals surface area contributed by atoms with Crippen LogP contribution >= 0.6 is 0 Å². The number of aliphatic hydroxyl groups excluding tert-OH is 3. The summed E-state index contributed by atoms with van der Waals surface area (Å²) in [6.07, 6.45) is -1.44. The molecule has 0 saturated carbocycles. The SMILES string of the molecule is OC[C@H]1O[C@@](O)(c2ncc3[nH]cnc3n2)[C@H](O)[C@@H]1O. The molecule has 0 amide bonds. The van der Waals surface area contributed by atoms with Crippen LogP contribution in [0.2, 0.25) is 0 Å². The van der Waals surface area contributed by atoms with Gasteiger partial charge in [-0.05, 0) is 0 Å². The van der Waals surface area contributed by atoms with E-state index < -0.39 is 30.7 Å². The van der Waals surface area contributed by atoms with Gasteiger partial charge >= 0.3 is 0 Å². The van der Waals surface area contributed by atoms with Gasteiger partial charge in [0.2, 0.25) is 0 Å². The van der Waals surface area contributed by atoms with Crippen molar-refractivity contribution in [2.24, 2.45) is 0 Å². The fourth-order valence-corrected chi connectivity index (χ4v) is 2.04. The number of hydrogen-bond donors (Lipinski definition) is 5. The monoisotopic (exact) mass is 268 g/mol. The Morgan fingerprint density at radius 1 is 1.37 bits per heavy atom. The molecule has 3 rings (SSSR count). The highest BCUT2D eigenvalue weighted by Gasteiger charge is 2.56. The number of nitrogens with one attached hydrogen (secondary N) is 1. The van der Waals surface area contributed by atoms with Crippen molar-refractivity contribution in [3.05, 3.63) is 18.3 Å². The molecule has 9 heteroatoms. The second kappa shape index (κ2) is 4.18. The molecule has 4 atom stereocenters. The number of ether oxygens (including phenoxy) is 1. The van der Waals surface area contributed by atoms with Crippen molar-refractivity contribution in [1.82, 2.24) is 19.9 Å². The number of H-pyrrole nitrogens is 1. The molecular weight excluding hydrogens is 256 g/mol. The Kier molecular flexibility index (Phi) is 2.73. The maximum absolute atomic E-state index is 10.3. The van der Waals surface area contributed by atoms with E-state index in [9.17, 15) is 15.3 Å². The van der Waals surface area contributed by atoms with Gasteiger partial charge in [0.1, 0.15) is 23.8 Å². The summed E-state index contributed by atoms with van der Waals surface area (Å²) in [6, 6.07) is 0. The first-order valence-electron chi connectivity index (χ1n) is 5.60. The Labute approximate surface area is 106 Å². The van der Waals surface area contributed by atoms with Crippen molar-refractivity contribution in [1.29, 1.82) is 0 Å². The highest BCUT2D eigenvalue weighted by molar-refractivity contribution is 5.68. The van der Waals surface area contributed by atoms with Crippen LogP contribution in [-0.4, -0.2) is 65.3 Å². The molecule has 1 fully saturated rings. The second-order valence-electron chi connectivity index (χ2n) is 4.30. The first-order chi connectivity index (χ1) is 9.06. The fraction of sp³-hybridized carbons (Fsp3) is 0.500. The molecular formula is C10H12N4O5. The minimum Gasteiger partial charge on any atom is -0.394 e. The summed E-state index contributed by atoms with van der Waals surface area (Å²) in [7, 11) is 0. The van der Waals surface area contributed by atoms with E-state index in [0.717, 1.165) is 0 Å². The maximum atomic E-state index is 10.3. The van der Waals surface area contributed by atoms with Crippen LogP contribution in [0.5, 0.6) is 0 Å². The first-order valence-corrected chi connectivity index (χ1v) is 5.60. The van der Waals surface area contributed by atoms with Crippen molar-refractivity contribution in [2.45, 2.75) is 24.1 Å². The smallest absolute Gasteiger partial charge is 0.258 e. The van der Waals surface area contributed by atoms with Gasteiger partial charge in [0, 0.05) is 0 Å². The molecule has 102 valence electrons. The number of aliphatic hydroxyl groups is 4. The Bertz CT molecular complexity index is 604. The van der Waals surface area contributed by atoms with Gasteiger partial charge in [-0.1, -0.05) is 0 Å². The minimum absolute atomic E-state index is 0.227. The molecule has 1 aliphatic heterocycles. The Hall–Kier alpha value is -1.65. The minimum atomic E-state index is -2.28. The van der Waals surface area contributed by atoms with Crippen LogP contribution in [0, 0.1) is 0 Å². The van der Waals surface area contributed by atoms with Gasteiger partial charge in [-0.2, -0.15) is 0 Å². The number of imidazole rings is 1. The van der Waals surface area contributed by atoms with E-state index in [1.807, 2.05) is 0 Å². The predicted molar refractivity (Wildman–Crippen MR) is 59.6 cm³/mol. The lowest BCUT2D eigenvalue weighted by atomic mass is 10.0. The van der Waals surface area contributed by atoms with Crippen molar-refractivity contribution < 1.29 is 25.2 Å². The zero-order chi connectivity index (χ0) is 13.6.